The average molecular weight is 367 g/mol. The molecular weight excluding hydrogens is 344 g/mol. The van der Waals surface area contributed by atoms with Gasteiger partial charge < -0.3 is 0 Å². The maximum Gasteiger partial charge on any atom is 0.212 e. The van der Waals surface area contributed by atoms with Crippen molar-refractivity contribution in [3.63, 3.8) is 0 Å². The Hall–Kier alpha value is -0.650. The van der Waals surface area contributed by atoms with Crippen LogP contribution in [0.15, 0.2) is 49.6 Å². The molecule has 2 rings (SSSR count). The maximum atomic E-state index is 11.4. The third-order valence-electron chi connectivity index (χ3n) is 3.77. The first kappa shape index (κ1) is 18.7. The van der Waals surface area contributed by atoms with E-state index in [4.69, 9.17) is 0 Å². The SMILES string of the molecule is C=CC(=O)SC1C=CC(SC2C=CC(SC(=O)C=C)CC2)CC1. The minimum atomic E-state index is 0.0542. The van der Waals surface area contributed by atoms with Gasteiger partial charge in [0.25, 0.3) is 0 Å². The van der Waals surface area contributed by atoms with Crippen molar-refractivity contribution in [3.05, 3.63) is 49.6 Å². The summed E-state index contributed by atoms with van der Waals surface area (Å²) in [4.78, 5) is 22.7. The van der Waals surface area contributed by atoms with Crippen molar-refractivity contribution in [2.75, 3.05) is 0 Å². The summed E-state index contributed by atoms with van der Waals surface area (Å²) in [6.07, 6.45) is 15.9. The molecule has 0 aromatic heterocycles. The number of rotatable bonds is 6. The molecule has 0 amide bonds. The van der Waals surface area contributed by atoms with Crippen molar-refractivity contribution in [1.29, 1.82) is 0 Å². The zero-order valence-corrected chi connectivity index (χ0v) is 15.5. The highest BCUT2D eigenvalue weighted by Crippen LogP contribution is 2.36. The summed E-state index contributed by atoms with van der Waals surface area (Å²) in [5.41, 5.74) is 0. The summed E-state index contributed by atoms with van der Waals surface area (Å²) in [6, 6.07) is 0. The van der Waals surface area contributed by atoms with E-state index in [9.17, 15) is 9.59 Å². The number of hydrogen-bond acceptors (Lipinski definition) is 5. The second-order valence-corrected chi connectivity index (χ2v) is 9.47. The minimum Gasteiger partial charge on any atom is -0.282 e. The molecule has 124 valence electrons. The predicted molar refractivity (Wildman–Crippen MR) is 105 cm³/mol. The highest BCUT2D eigenvalue weighted by atomic mass is 32.2. The molecule has 0 radical (unpaired) electrons. The quantitative estimate of drug-likeness (QED) is 0.499. The van der Waals surface area contributed by atoms with Gasteiger partial charge in [0.2, 0.25) is 10.2 Å². The van der Waals surface area contributed by atoms with Crippen molar-refractivity contribution < 1.29 is 9.59 Å². The molecule has 0 aromatic carbocycles. The maximum absolute atomic E-state index is 11.4. The van der Waals surface area contributed by atoms with Crippen LogP contribution in [-0.4, -0.2) is 31.2 Å². The Morgan fingerprint density at radius 1 is 0.739 bits per heavy atom. The van der Waals surface area contributed by atoms with Gasteiger partial charge in [-0.25, -0.2) is 0 Å². The lowest BCUT2D eigenvalue weighted by atomic mass is 10.1. The van der Waals surface area contributed by atoms with Crippen LogP contribution in [-0.2, 0) is 9.59 Å². The molecule has 2 nitrogen and oxygen atoms in total. The van der Waals surface area contributed by atoms with Gasteiger partial charge in [0.1, 0.15) is 0 Å². The van der Waals surface area contributed by atoms with Crippen LogP contribution >= 0.6 is 35.3 Å². The molecule has 0 spiro atoms. The van der Waals surface area contributed by atoms with E-state index in [1.807, 2.05) is 11.8 Å². The fourth-order valence-corrected chi connectivity index (χ4v) is 5.57. The van der Waals surface area contributed by atoms with E-state index < -0.39 is 0 Å². The number of hydrogen-bond donors (Lipinski definition) is 0. The monoisotopic (exact) mass is 366 g/mol. The summed E-state index contributed by atoms with van der Waals surface area (Å²) in [6.45, 7) is 7.03. The molecule has 0 N–H and O–H groups in total. The van der Waals surface area contributed by atoms with Gasteiger partial charge in [-0.05, 0) is 37.8 Å². The van der Waals surface area contributed by atoms with E-state index in [0.29, 0.717) is 21.0 Å². The van der Waals surface area contributed by atoms with Crippen LogP contribution < -0.4 is 0 Å². The van der Waals surface area contributed by atoms with E-state index in [0.717, 1.165) is 25.7 Å². The number of carbonyl (C=O) groups is 2. The van der Waals surface area contributed by atoms with E-state index in [1.54, 1.807) is 0 Å². The van der Waals surface area contributed by atoms with Gasteiger partial charge in [-0.1, -0.05) is 61.0 Å². The molecule has 23 heavy (non-hydrogen) atoms. The smallest absolute Gasteiger partial charge is 0.212 e. The lowest BCUT2D eigenvalue weighted by Gasteiger charge is -2.27. The van der Waals surface area contributed by atoms with Gasteiger partial charge in [-0.2, -0.15) is 0 Å². The molecule has 0 saturated carbocycles. The van der Waals surface area contributed by atoms with Crippen molar-refractivity contribution in [2.45, 2.75) is 46.7 Å². The standard InChI is InChI=1S/C18H22O2S3/c1-3-17(19)22-15-9-5-13(6-10-15)21-14-7-11-16(12-8-14)23-18(20)4-2/h3-5,7,9,11,13-16H,1-2,6,8,10,12H2. The Bertz CT molecular complexity index is 478. The van der Waals surface area contributed by atoms with Crippen LogP contribution in [0.25, 0.3) is 0 Å². The molecule has 5 heteroatoms. The molecule has 0 saturated heterocycles. The zero-order chi connectivity index (χ0) is 16.7. The largest absolute Gasteiger partial charge is 0.282 e. The van der Waals surface area contributed by atoms with Gasteiger partial charge in [0.05, 0.1) is 0 Å². The van der Waals surface area contributed by atoms with E-state index >= 15 is 0 Å². The molecule has 0 bridgehead atoms. The Morgan fingerprint density at radius 2 is 1.09 bits per heavy atom. The normalized spacial score (nSPS) is 29.9. The van der Waals surface area contributed by atoms with Gasteiger partial charge in [0, 0.05) is 21.0 Å². The van der Waals surface area contributed by atoms with E-state index in [2.05, 4.69) is 37.5 Å². The first-order valence-electron chi connectivity index (χ1n) is 7.79. The summed E-state index contributed by atoms with van der Waals surface area (Å²) in [5, 5.41) is 1.76. The Labute approximate surface area is 151 Å². The first-order valence-corrected chi connectivity index (χ1v) is 10.5. The zero-order valence-electron chi connectivity index (χ0n) is 13.1. The number of thioether (sulfide) groups is 3. The summed E-state index contributed by atoms with van der Waals surface area (Å²) in [5.74, 6) is 0. The molecule has 0 fully saturated rings. The Balaban J connectivity index is 1.76. The highest BCUT2D eigenvalue weighted by Gasteiger charge is 2.23. The summed E-state index contributed by atoms with van der Waals surface area (Å²) < 4.78 is 0. The summed E-state index contributed by atoms with van der Waals surface area (Å²) in [7, 11) is 0. The van der Waals surface area contributed by atoms with Crippen LogP contribution in [0.2, 0.25) is 0 Å². The van der Waals surface area contributed by atoms with Crippen LogP contribution in [0.5, 0.6) is 0 Å². The van der Waals surface area contributed by atoms with Gasteiger partial charge >= 0.3 is 0 Å². The highest BCUT2D eigenvalue weighted by molar-refractivity contribution is 8.15. The first-order chi connectivity index (χ1) is 11.1. The van der Waals surface area contributed by atoms with Crippen LogP contribution in [0.3, 0.4) is 0 Å². The molecule has 0 aliphatic heterocycles. The van der Waals surface area contributed by atoms with Gasteiger partial charge in [-0.3, -0.25) is 9.59 Å². The second-order valence-electron chi connectivity index (χ2n) is 5.50. The van der Waals surface area contributed by atoms with Crippen molar-refractivity contribution in [2.24, 2.45) is 0 Å². The third-order valence-corrected chi connectivity index (χ3v) is 7.44. The molecule has 2 aliphatic rings. The lowest BCUT2D eigenvalue weighted by Crippen LogP contribution is -2.18. The minimum absolute atomic E-state index is 0.0542. The molecule has 0 aromatic rings. The third kappa shape index (κ3) is 6.40. The topological polar surface area (TPSA) is 34.1 Å². The lowest BCUT2D eigenvalue weighted by molar-refractivity contribution is -0.107. The van der Waals surface area contributed by atoms with E-state index in [-0.39, 0.29) is 10.2 Å². The fourth-order valence-electron chi connectivity index (χ4n) is 2.58. The summed E-state index contributed by atoms with van der Waals surface area (Å²) >= 11 is 4.73. The van der Waals surface area contributed by atoms with Crippen molar-refractivity contribution in [3.8, 4) is 0 Å². The van der Waals surface area contributed by atoms with Crippen LogP contribution in [0.4, 0.5) is 0 Å². The van der Waals surface area contributed by atoms with Crippen molar-refractivity contribution in [1.82, 2.24) is 0 Å². The molecule has 4 atom stereocenters. The molecular formula is C18H22O2S3. The Kier molecular flexibility index (Phi) is 7.80. The fraction of sp³-hybridized carbons (Fsp3) is 0.444. The average Bonchev–Trinajstić information content (AvgIpc) is 2.58. The molecule has 2 aliphatic carbocycles. The molecule has 0 heterocycles. The predicted octanol–water partition coefficient (Wildman–Crippen LogP) is 4.79. The van der Waals surface area contributed by atoms with E-state index in [1.165, 1.54) is 35.7 Å². The second kappa shape index (κ2) is 9.60. The van der Waals surface area contributed by atoms with Gasteiger partial charge in [-0.15, -0.1) is 11.8 Å². The van der Waals surface area contributed by atoms with Crippen LogP contribution in [0.1, 0.15) is 25.7 Å². The van der Waals surface area contributed by atoms with Gasteiger partial charge in [0.15, 0.2) is 0 Å². The molecule has 4 unspecified atom stereocenters. The van der Waals surface area contributed by atoms with Crippen molar-refractivity contribution >= 4 is 45.5 Å². The number of carbonyl (C=O) groups excluding carboxylic acids is 2. The van der Waals surface area contributed by atoms with Crippen LogP contribution in [0, 0.1) is 0 Å². The Morgan fingerprint density at radius 3 is 1.39 bits per heavy atom.